The Balaban J connectivity index is 1.86. The second-order valence-electron chi connectivity index (χ2n) is 5.87. The molecule has 0 spiro atoms. The summed E-state index contributed by atoms with van der Waals surface area (Å²) >= 11 is 0. The monoisotopic (exact) mass is 401 g/mol. The zero-order chi connectivity index (χ0) is 20.0. The van der Waals surface area contributed by atoms with Gasteiger partial charge in [0.1, 0.15) is 12.4 Å². The quantitative estimate of drug-likeness (QED) is 0.562. The summed E-state index contributed by atoms with van der Waals surface area (Å²) in [5, 5.41) is 10.8. The van der Waals surface area contributed by atoms with Crippen molar-refractivity contribution in [3.05, 3.63) is 66.5 Å². The summed E-state index contributed by atoms with van der Waals surface area (Å²) in [6.45, 7) is 1.82. The highest BCUT2D eigenvalue weighted by atomic mass is 32.2. The molecule has 28 heavy (non-hydrogen) atoms. The topological polar surface area (TPSA) is 116 Å². The van der Waals surface area contributed by atoms with Crippen LogP contribution in [0.2, 0.25) is 0 Å². The molecule has 1 heterocycles. The summed E-state index contributed by atoms with van der Waals surface area (Å²) in [6.07, 6.45) is 1.53. The van der Waals surface area contributed by atoms with E-state index in [0.29, 0.717) is 5.69 Å². The van der Waals surface area contributed by atoms with E-state index in [1.807, 2.05) is 30.3 Å². The molecule has 0 aliphatic rings. The van der Waals surface area contributed by atoms with Gasteiger partial charge in [-0.2, -0.15) is 4.72 Å². The molecule has 0 fully saturated rings. The lowest BCUT2D eigenvalue weighted by molar-refractivity contribution is -0.145. The number of sulfonamides is 1. The van der Waals surface area contributed by atoms with Crippen LogP contribution in [0, 0.1) is 0 Å². The Kier molecular flexibility index (Phi) is 6.12. The molecule has 146 valence electrons. The van der Waals surface area contributed by atoms with Gasteiger partial charge in [-0.05, 0) is 47.5 Å². The maximum Gasteiger partial charge on any atom is 0.324 e. The SMILES string of the molecule is CCOC(=O)[C@@H](Cc1ccccc1)NS(=O)(=O)c1cccc(-n2cnnn2)c1. The maximum absolute atomic E-state index is 12.9. The summed E-state index contributed by atoms with van der Waals surface area (Å²) in [5.74, 6) is -0.633. The van der Waals surface area contributed by atoms with E-state index in [-0.39, 0.29) is 17.9 Å². The lowest BCUT2D eigenvalue weighted by Gasteiger charge is -2.18. The minimum Gasteiger partial charge on any atom is -0.465 e. The molecule has 0 aliphatic heterocycles. The van der Waals surface area contributed by atoms with Crippen LogP contribution < -0.4 is 4.72 Å². The van der Waals surface area contributed by atoms with Crippen LogP contribution in [0.5, 0.6) is 0 Å². The van der Waals surface area contributed by atoms with Gasteiger partial charge in [0, 0.05) is 0 Å². The number of rotatable bonds is 8. The number of carbonyl (C=O) groups is 1. The molecule has 0 radical (unpaired) electrons. The summed E-state index contributed by atoms with van der Waals surface area (Å²) in [7, 11) is -3.99. The highest BCUT2D eigenvalue weighted by Crippen LogP contribution is 2.15. The fourth-order valence-corrected chi connectivity index (χ4v) is 3.82. The van der Waals surface area contributed by atoms with Crippen LogP contribution in [0.4, 0.5) is 0 Å². The van der Waals surface area contributed by atoms with Crippen molar-refractivity contribution in [3.8, 4) is 5.69 Å². The molecule has 2 aromatic carbocycles. The number of aromatic nitrogens is 4. The van der Waals surface area contributed by atoms with Gasteiger partial charge in [-0.1, -0.05) is 36.4 Å². The third-order valence-corrected chi connectivity index (χ3v) is 5.36. The minimum atomic E-state index is -3.99. The number of hydrogen-bond donors (Lipinski definition) is 1. The smallest absolute Gasteiger partial charge is 0.324 e. The van der Waals surface area contributed by atoms with Crippen molar-refractivity contribution in [2.75, 3.05) is 6.61 Å². The third kappa shape index (κ3) is 4.78. The number of tetrazole rings is 1. The molecule has 10 heteroatoms. The fraction of sp³-hybridized carbons (Fsp3) is 0.222. The molecule has 0 aliphatic carbocycles. The van der Waals surface area contributed by atoms with Gasteiger partial charge in [-0.3, -0.25) is 4.79 Å². The second-order valence-corrected chi connectivity index (χ2v) is 7.58. The molecule has 3 rings (SSSR count). The van der Waals surface area contributed by atoms with Gasteiger partial charge < -0.3 is 4.74 Å². The zero-order valence-electron chi connectivity index (χ0n) is 15.1. The van der Waals surface area contributed by atoms with Gasteiger partial charge in [-0.25, -0.2) is 13.1 Å². The van der Waals surface area contributed by atoms with Gasteiger partial charge in [0.2, 0.25) is 10.0 Å². The molecule has 1 N–H and O–H groups in total. The van der Waals surface area contributed by atoms with Crippen LogP contribution in [0.15, 0.2) is 65.8 Å². The van der Waals surface area contributed by atoms with Crippen molar-refractivity contribution in [1.29, 1.82) is 0 Å². The van der Waals surface area contributed by atoms with Crippen molar-refractivity contribution >= 4 is 16.0 Å². The number of esters is 1. The number of hydrogen-bond acceptors (Lipinski definition) is 7. The van der Waals surface area contributed by atoms with Crippen LogP contribution in [0.3, 0.4) is 0 Å². The Bertz CT molecular complexity index is 1020. The summed E-state index contributed by atoms with van der Waals surface area (Å²) in [4.78, 5) is 12.3. The highest BCUT2D eigenvalue weighted by Gasteiger charge is 2.27. The fourth-order valence-electron chi connectivity index (χ4n) is 2.59. The first-order chi connectivity index (χ1) is 13.5. The predicted octanol–water partition coefficient (Wildman–Crippen LogP) is 1.11. The average molecular weight is 401 g/mol. The standard InChI is InChI=1S/C18H19N5O4S/c1-2-27-18(24)17(11-14-7-4-3-5-8-14)20-28(25,26)16-10-6-9-15(12-16)23-13-19-21-22-23/h3-10,12-13,17,20H,2,11H2,1H3/t17-/m1/s1. The van der Waals surface area contributed by atoms with E-state index in [4.69, 9.17) is 4.74 Å². The van der Waals surface area contributed by atoms with Crippen molar-refractivity contribution in [2.24, 2.45) is 0 Å². The molecule has 0 amide bonds. The van der Waals surface area contributed by atoms with E-state index >= 15 is 0 Å². The van der Waals surface area contributed by atoms with Crippen molar-refractivity contribution in [1.82, 2.24) is 24.9 Å². The molecule has 0 unspecified atom stereocenters. The van der Waals surface area contributed by atoms with Gasteiger partial charge in [-0.15, -0.1) is 5.10 Å². The van der Waals surface area contributed by atoms with E-state index in [9.17, 15) is 13.2 Å². The number of ether oxygens (including phenoxy) is 1. The molecular formula is C18H19N5O4S. The lowest BCUT2D eigenvalue weighted by atomic mass is 10.1. The van der Waals surface area contributed by atoms with Crippen molar-refractivity contribution in [3.63, 3.8) is 0 Å². The number of nitrogens with zero attached hydrogens (tertiary/aromatic N) is 4. The van der Waals surface area contributed by atoms with E-state index in [2.05, 4.69) is 20.2 Å². The lowest BCUT2D eigenvalue weighted by Crippen LogP contribution is -2.43. The summed E-state index contributed by atoms with van der Waals surface area (Å²) in [6, 6.07) is 14.2. The Hall–Kier alpha value is -3.11. The largest absolute Gasteiger partial charge is 0.465 e. The summed E-state index contributed by atoms with van der Waals surface area (Å²) in [5.41, 5.74) is 1.29. The number of benzene rings is 2. The van der Waals surface area contributed by atoms with Gasteiger partial charge in [0.25, 0.3) is 0 Å². The van der Waals surface area contributed by atoms with Crippen LogP contribution in [-0.2, 0) is 26.0 Å². The molecule has 3 aromatic rings. The first-order valence-corrected chi connectivity index (χ1v) is 10.0. The number of nitrogens with one attached hydrogen (secondary N) is 1. The van der Waals surface area contributed by atoms with Crippen molar-refractivity contribution < 1.29 is 17.9 Å². The Morgan fingerprint density at radius 1 is 1.18 bits per heavy atom. The molecule has 0 bridgehead atoms. The Morgan fingerprint density at radius 3 is 2.64 bits per heavy atom. The Morgan fingerprint density at radius 2 is 1.96 bits per heavy atom. The highest BCUT2D eigenvalue weighted by molar-refractivity contribution is 7.89. The molecule has 1 atom stereocenters. The van der Waals surface area contributed by atoms with Crippen molar-refractivity contribution in [2.45, 2.75) is 24.3 Å². The van der Waals surface area contributed by atoms with Crippen LogP contribution in [0.25, 0.3) is 5.69 Å². The molecule has 0 saturated heterocycles. The van der Waals surface area contributed by atoms with E-state index in [1.165, 1.54) is 23.1 Å². The second kappa shape index (κ2) is 8.72. The Labute approximate surface area is 162 Å². The average Bonchev–Trinajstić information content (AvgIpc) is 3.23. The molecule has 1 aromatic heterocycles. The zero-order valence-corrected chi connectivity index (χ0v) is 15.9. The van der Waals surface area contributed by atoms with Crippen LogP contribution >= 0.6 is 0 Å². The first-order valence-electron chi connectivity index (χ1n) is 8.56. The number of carbonyl (C=O) groups excluding carboxylic acids is 1. The normalized spacial score (nSPS) is 12.5. The molecular weight excluding hydrogens is 382 g/mol. The first kappa shape index (κ1) is 19.6. The van der Waals surface area contributed by atoms with Gasteiger partial charge in [0.15, 0.2) is 0 Å². The van der Waals surface area contributed by atoms with Crippen LogP contribution in [-0.4, -0.2) is 47.2 Å². The van der Waals surface area contributed by atoms with Gasteiger partial charge in [0.05, 0.1) is 17.2 Å². The van der Waals surface area contributed by atoms with Gasteiger partial charge >= 0.3 is 5.97 Å². The third-order valence-electron chi connectivity index (χ3n) is 3.89. The minimum absolute atomic E-state index is 0.0112. The van der Waals surface area contributed by atoms with E-state index in [0.717, 1.165) is 5.56 Å². The maximum atomic E-state index is 12.9. The van der Waals surface area contributed by atoms with Crippen LogP contribution in [0.1, 0.15) is 12.5 Å². The predicted molar refractivity (Wildman–Crippen MR) is 100 cm³/mol. The van der Waals surface area contributed by atoms with E-state index in [1.54, 1.807) is 19.1 Å². The molecule has 0 saturated carbocycles. The molecule has 9 nitrogen and oxygen atoms in total. The van der Waals surface area contributed by atoms with E-state index < -0.39 is 22.0 Å². The summed E-state index contributed by atoms with van der Waals surface area (Å²) < 4.78 is 34.6.